The van der Waals surface area contributed by atoms with Crippen molar-refractivity contribution in [3.63, 3.8) is 0 Å². The number of rotatable bonds is 3. The Kier molecular flexibility index (Phi) is 6.14. The van der Waals surface area contributed by atoms with Gasteiger partial charge < -0.3 is 9.13 Å². The molecule has 2 aliphatic carbocycles. The Balaban J connectivity index is 1.05. The largest absolute Gasteiger partial charge is 0.309 e. The van der Waals surface area contributed by atoms with Crippen molar-refractivity contribution in [3.8, 4) is 11.1 Å². The summed E-state index contributed by atoms with van der Waals surface area (Å²) >= 11 is 3.98. The molecule has 0 fully saturated rings. The Morgan fingerprint density at radius 2 is 1.21 bits per heavy atom. The Morgan fingerprint density at radius 3 is 2.00 bits per heavy atom. The highest BCUT2D eigenvalue weighted by Crippen LogP contribution is 2.52. The lowest BCUT2D eigenvalue weighted by Gasteiger charge is -2.21. The van der Waals surface area contributed by atoms with E-state index in [1.165, 1.54) is 103 Å². The van der Waals surface area contributed by atoms with Gasteiger partial charge in [0, 0.05) is 52.2 Å². The molecule has 1 unspecified atom stereocenters. The maximum Gasteiger partial charge on any atom is 0.0541 e. The molecule has 3 aromatic heterocycles. The van der Waals surface area contributed by atoms with Crippen molar-refractivity contribution in [2.75, 3.05) is 0 Å². The fraction of sp³-hybridized carbons (Fsp3) is 0.0833. The van der Waals surface area contributed by atoms with Crippen LogP contribution >= 0.6 is 23.1 Å². The van der Waals surface area contributed by atoms with Crippen LogP contribution in [0.25, 0.3) is 81.8 Å². The predicted octanol–water partition coefficient (Wildman–Crippen LogP) is 13.4. The summed E-state index contributed by atoms with van der Waals surface area (Å²) in [6.07, 6.45) is 10.4. The minimum absolute atomic E-state index is 0.455. The van der Waals surface area contributed by atoms with E-state index in [4.69, 9.17) is 0 Å². The second-order valence-electron chi connectivity index (χ2n) is 14.2. The van der Waals surface area contributed by atoms with E-state index in [2.05, 4.69) is 161 Å². The monoisotopic (exact) mass is 700 g/mol. The van der Waals surface area contributed by atoms with E-state index in [1.807, 2.05) is 23.1 Å². The first-order valence-corrected chi connectivity index (χ1v) is 19.9. The molecule has 3 aliphatic rings. The topological polar surface area (TPSA) is 9.86 Å². The Hall–Kier alpha value is -5.55. The van der Waals surface area contributed by atoms with Crippen LogP contribution in [0.5, 0.6) is 0 Å². The number of hydrogen-bond donors (Lipinski definition) is 0. The van der Waals surface area contributed by atoms with Crippen LogP contribution in [-0.2, 0) is 6.42 Å². The molecular formula is C48H32N2S2. The Labute approximate surface area is 309 Å². The van der Waals surface area contributed by atoms with Gasteiger partial charge in [0.2, 0.25) is 0 Å². The van der Waals surface area contributed by atoms with E-state index in [-0.39, 0.29) is 0 Å². The molecule has 4 heterocycles. The quantitative estimate of drug-likeness (QED) is 0.178. The molecule has 0 spiro atoms. The summed E-state index contributed by atoms with van der Waals surface area (Å²) in [6, 6.07) is 50.0. The number of thiophene rings is 1. The summed E-state index contributed by atoms with van der Waals surface area (Å²) in [4.78, 5) is 2.90. The highest BCUT2D eigenvalue weighted by Gasteiger charge is 2.32. The molecule has 1 atom stereocenters. The minimum atomic E-state index is 0.455. The molecule has 0 saturated heterocycles. The van der Waals surface area contributed by atoms with Crippen molar-refractivity contribution in [2.45, 2.75) is 29.4 Å². The van der Waals surface area contributed by atoms with Gasteiger partial charge in [-0.2, -0.15) is 0 Å². The van der Waals surface area contributed by atoms with Crippen LogP contribution in [0, 0.1) is 0 Å². The highest BCUT2D eigenvalue weighted by atomic mass is 32.2. The molecule has 246 valence electrons. The summed E-state index contributed by atoms with van der Waals surface area (Å²) < 4.78 is 6.43. The average Bonchev–Trinajstić information content (AvgIpc) is 3.95. The maximum atomic E-state index is 2.53. The third-order valence-electron chi connectivity index (χ3n) is 11.5. The van der Waals surface area contributed by atoms with Crippen LogP contribution in [-0.4, -0.2) is 14.4 Å². The Bertz CT molecular complexity index is 3090. The van der Waals surface area contributed by atoms with Crippen LogP contribution in [0.1, 0.15) is 28.8 Å². The van der Waals surface area contributed by atoms with E-state index in [0.29, 0.717) is 5.25 Å². The number of thioether (sulfide) groups is 1. The van der Waals surface area contributed by atoms with E-state index in [1.54, 1.807) is 0 Å². The molecule has 1 aliphatic heterocycles. The highest BCUT2D eigenvalue weighted by molar-refractivity contribution is 8.00. The molecule has 0 saturated carbocycles. The van der Waals surface area contributed by atoms with E-state index in [0.717, 1.165) is 19.3 Å². The molecule has 52 heavy (non-hydrogen) atoms. The lowest BCUT2D eigenvalue weighted by atomic mass is 9.94. The summed E-state index contributed by atoms with van der Waals surface area (Å²) in [6.45, 7) is 0. The molecule has 9 aromatic rings. The number of aryl methyl sites for hydroxylation is 1. The van der Waals surface area contributed by atoms with Crippen LogP contribution in [0.4, 0.5) is 0 Å². The number of fused-ring (bicyclic) bond motifs is 12. The number of benzene rings is 6. The van der Waals surface area contributed by atoms with Crippen molar-refractivity contribution < 1.29 is 0 Å². The van der Waals surface area contributed by atoms with Gasteiger partial charge in [-0.05, 0) is 96.1 Å². The van der Waals surface area contributed by atoms with Crippen molar-refractivity contribution in [2.24, 2.45) is 0 Å². The standard InChI is InChI=1S/C48H32N2S2/c1-5-15-37-31(11-1)35-27-29(23-25-39(35)49(37)41-17-9-21-45-47(41)33-13-3-7-19-43(33)51-45)30-24-26-40-36(28-30)32-12-2-6-16-38(32)50(40)42-18-10-22-46-48(42)34-14-4-8-20-44(34)52-46/h1-9,11-20,23-28,45H,10,21-22H2. The number of hydrogen-bond acceptors (Lipinski definition) is 2. The van der Waals surface area contributed by atoms with Crippen molar-refractivity contribution >= 4 is 93.8 Å². The van der Waals surface area contributed by atoms with Crippen molar-refractivity contribution in [1.82, 2.24) is 9.13 Å². The van der Waals surface area contributed by atoms with Gasteiger partial charge in [-0.1, -0.05) is 97.1 Å². The zero-order valence-electron chi connectivity index (χ0n) is 28.3. The summed E-state index contributed by atoms with van der Waals surface area (Å²) in [5.74, 6) is 0. The van der Waals surface area contributed by atoms with Gasteiger partial charge in [-0.3, -0.25) is 0 Å². The van der Waals surface area contributed by atoms with Gasteiger partial charge in [0.1, 0.15) is 0 Å². The van der Waals surface area contributed by atoms with Gasteiger partial charge in [0.05, 0.1) is 33.5 Å². The van der Waals surface area contributed by atoms with Crippen LogP contribution in [0.2, 0.25) is 0 Å². The summed E-state index contributed by atoms with van der Waals surface area (Å²) in [7, 11) is 0. The van der Waals surface area contributed by atoms with Gasteiger partial charge >= 0.3 is 0 Å². The lowest BCUT2D eigenvalue weighted by molar-refractivity contribution is 0.985. The zero-order valence-corrected chi connectivity index (χ0v) is 30.0. The number of allylic oxidation sites excluding steroid dienone is 4. The number of para-hydroxylation sites is 2. The first-order chi connectivity index (χ1) is 25.8. The average molecular weight is 701 g/mol. The van der Waals surface area contributed by atoms with E-state index >= 15 is 0 Å². The van der Waals surface area contributed by atoms with Crippen LogP contribution in [0.3, 0.4) is 0 Å². The van der Waals surface area contributed by atoms with Crippen LogP contribution < -0.4 is 0 Å². The molecule has 0 amide bonds. The molecule has 2 nitrogen and oxygen atoms in total. The zero-order chi connectivity index (χ0) is 33.9. The fourth-order valence-electron chi connectivity index (χ4n) is 9.26. The smallest absolute Gasteiger partial charge is 0.0541 e. The van der Waals surface area contributed by atoms with Gasteiger partial charge in [-0.15, -0.1) is 23.1 Å². The third kappa shape index (κ3) is 4.02. The summed E-state index contributed by atoms with van der Waals surface area (Å²) in [5, 5.41) is 7.01. The predicted molar refractivity (Wildman–Crippen MR) is 224 cm³/mol. The second-order valence-corrected chi connectivity index (χ2v) is 16.6. The normalized spacial score (nSPS) is 16.7. The maximum absolute atomic E-state index is 2.53. The lowest BCUT2D eigenvalue weighted by Crippen LogP contribution is -2.09. The van der Waals surface area contributed by atoms with Crippen molar-refractivity contribution in [1.29, 1.82) is 0 Å². The molecule has 0 N–H and O–H groups in total. The Morgan fingerprint density at radius 1 is 0.577 bits per heavy atom. The molecule has 6 aromatic carbocycles. The molecule has 0 bridgehead atoms. The van der Waals surface area contributed by atoms with Crippen LogP contribution in [0.15, 0.2) is 157 Å². The SMILES string of the molecule is C1=CC(n2c3ccccc3c3cc(-c4ccc5c(c4)c4ccccc4n5C4=CCCc5sc6ccccc6c54)ccc32)=C2c3ccccc3SC2C1. The van der Waals surface area contributed by atoms with Gasteiger partial charge in [-0.25, -0.2) is 0 Å². The van der Waals surface area contributed by atoms with Gasteiger partial charge in [0.25, 0.3) is 0 Å². The second kappa shape index (κ2) is 11.0. The fourth-order valence-corrected chi connectivity index (χ4v) is 11.8. The molecule has 4 heteroatoms. The van der Waals surface area contributed by atoms with E-state index < -0.39 is 0 Å². The number of nitrogens with zero attached hydrogens (tertiary/aromatic N) is 2. The number of aromatic nitrogens is 2. The summed E-state index contributed by atoms with van der Waals surface area (Å²) in [5.41, 5.74) is 14.4. The molecule has 12 rings (SSSR count). The first-order valence-electron chi connectivity index (χ1n) is 18.3. The first kappa shape index (κ1) is 29.1. The van der Waals surface area contributed by atoms with Gasteiger partial charge in [0.15, 0.2) is 0 Å². The minimum Gasteiger partial charge on any atom is -0.309 e. The van der Waals surface area contributed by atoms with E-state index in [9.17, 15) is 0 Å². The molecular weight excluding hydrogens is 669 g/mol. The molecule has 0 radical (unpaired) electrons. The van der Waals surface area contributed by atoms with Crippen molar-refractivity contribution in [3.05, 3.63) is 168 Å². The third-order valence-corrected chi connectivity index (χ3v) is 14.0.